The molecule has 4 nitrogen and oxygen atoms in total. The van der Waals surface area contributed by atoms with Gasteiger partial charge in [0.25, 0.3) is 0 Å². The van der Waals surface area contributed by atoms with E-state index in [1.807, 2.05) is 0 Å². The van der Waals surface area contributed by atoms with Crippen molar-refractivity contribution in [1.82, 2.24) is 5.32 Å². The van der Waals surface area contributed by atoms with E-state index < -0.39 is 0 Å². The Morgan fingerprint density at radius 1 is 1.30 bits per heavy atom. The van der Waals surface area contributed by atoms with Gasteiger partial charge in [-0.1, -0.05) is 25.0 Å². The van der Waals surface area contributed by atoms with Crippen molar-refractivity contribution in [2.45, 2.75) is 45.6 Å². The van der Waals surface area contributed by atoms with Gasteiger partial charge < -0.3 is 14.8 Å². The van der Waals surface area contributed by atoms with E-state index in [0.717, 1.165) is 43.8 Å². The van der Waals surface area contributed by atoms with Crippen molar-refractivity contribution in [3.63, 3.8) is 0 Å². The summed E-state index contributed by atoms with van der Waals surface area (Å²) in [5, 5.41) is 3.09. The van der Waals surface area contributed by atoms with Gasteiger partial charge in [-0.2, -0.15) is 0 Å². The van der Waals surface area contributed by atoms with Gasteiger partial charge in [0.05, 0.1) is 13.2 Å². The van der Waals surface area contributed by atoms with Crippen molar-refractivity contribution in [1.29, 1.82) is 0 Å². The standard InChI is InChI=1S/C19H27NO3/c1-14-6-7-17(11-20-19(21)16-4-2-3-5-16)18(10-14)23-13-15-8-9-22-12-15/h6-7,10,15-16H,2-5,8-9,11-13H2,1H3,(H,20,21)/t15-/m0/s1. The average molecular weight is 317 g/mol. The number of ether oxygens (including phenoxy) is 2. The lowest BCUT2D eigenvalue weighted by atomic mass is 10.1. The fourth-order valence-electron chi connectivity index (χ4n) is 3.38. The highest BCUT2D eigenvalue weighted by atomic mass is 16.5. The van der Waals surface area contributed by atoms with Crippen molar-refractivity contribution in [3.8, 4) is 5.75 Å². The van der Waals surface area contributed by atoms with Crippen molar-refractivity contribution in [3.05, 3.63) is 29.3 Å². The van der Waals surface area contributed by atoms with E-state index in [-0.39, 0.29) is 11.8 Å². The summed E-state index contributed by atoms with van der Waals surface area (Å²) < 4.78 is 11.4. The monoisotopic (exact) mass is 317 g/mol. The van der Waals surface area contributed by atoms with E-state index in [0.29, 0.717) is 19.1 Å². The largest absolute Gasteiger partial charge is 0.493 e. The smallest absolute Gasteiger partial charge is 0.223 e. The molecule has 0 unspecified atom stereocenters. The molecule has 23 heavy (non-hydrogen) atoms. The molecule has 1 aliphatic heterocycles. The maximum absolute atomic E-state index is 12.2. The van der Waals surface area contributed by atoms with Crippen LogP contribution in [0.2, 0.25) is 0 Å². The summed E-state index contributed by atoms with van der Waals surface area (Å²) in [5.41, 5.74) is 2.23. The Balaban J connectivity index is 1.57. The Labute approximate surface area is 138 Å². The minimum Gasteiger partial charge on any atom is -0.493 e. The minimum atomic E-state index is 0.193. The maximum atomic E-state index is 12.2. The number of nitrogens with one attached hydrogen (secondary N) is 1. The van der Waals surface area contributed by atoms with Crippen molar-refractivity contribution in [2.24, 2.45) is 11.8 Å². The van der Waals surface area contributed by atoms with Crippen LogP contribution in [0.3, 0.4) is 0 Å². The second-order valence-electron chi connectivity index (χ2n) is 6.85. The summed E-state index contributed by atoms with van der Waals surface area (Å²) in [6, 6.07) is 6.19. The Hall–Kier alpha value is -1.55. The van der Waals surface area contributed by atoms with Crippen LogP contribution in [-0.4, -0.2) is 25.7 Å². The van der Waals surface area contributed by atoms with Crippen molar-refractivity contribution < 1.29 is 14.3 Å². The topological polar surface area (TPSA) is 47.6 Å². The first-order valence-corrected chi connectivity index (χ1v) is 8.80. The number of hydrogen-bond acceptors (Lipinski definition) is 3. The molecule has 3 rings (SSSR count). The first kappa shape index (κ1) is 16.3. The van der Waals surface area contributed by atoms with Crippen LogP contribution < -0.4 is 10.1 Å². The molecule has 1 atom stereocenters. The van der Waals surface area contributed by atoms with Crippen LogP contribution in [0.4, 0.5) is 0 Å². The normalized spacial score (nSPS) is 21.5. The van der Waals surface area contributed by atoms with Crippen LogP contribution >= 0.6 is 0 Å². The summed E-state index contributed by atoms with van der Waals surface area (Å²) in [4.78, 5) is 12.2. The number of carbonyl (C=O) groups excluding carboxylic acids is 1. The van der Waals surface area contributed by atoms with Gasteiger partial charge in [0.15, 0.2) is 0 Å². The van der Waals surface area contributed by atoms with E-state index in [1.54, 1.807) is 0 Å². The molecule has 1 saturated heterocycles. The molecule has 2 aliphatic rings. The Bertz CT molecular complexity index is 531. The SMILES string of the molecule is Cc1ccc(CNC(=O)C2CCCC2)c(OC[C@H]2CCOC2)c1. The zero-order valence-corrected chi connectivity index (χ0v) is 14.0. The molecular formula is C19H27NO3. The average Bonchev–Trinajstić information content (AvgIpc) is 3.25. The highest BCUT2D eigenvalue weighted by Gasteiger charge is 2.22. The van der Waals surface area contributed by atoms with Gasteiger partial charge in [-0.15, -0.1) is 0 Å². The van der Waals surface area contributed by atoms with Gasteiger partial charge in [-0.3, -0.25) is 4.79 Å². The quantitative estimate of drug-likeness (QED) is 0.876. The van der Waals surface area contributed by atoms with Crippen LogP contribution in [0, 0.1) is 18.8 Å². The molecule has 1 amide bonds. The minimum absolute atomic E-state index is 0.193. The molecule has 0 spiro atoms. The zero-order valence-electron chi connectivity index (χ0n) is 14.0. The maximum Gasteiger partial charge on any atom is 0.223 e. The molecule has 0 radical (unpaired) electrons. The zero-order chi connectivity index (χ0) is 16.1. The van der Waals surface area contributed by atoms with Gasteiger partial charge in [-0.25, -0.2) is 0 Å². The third-order valence-corrected chi connectivity index (χ3v) is 4.90. The lowest BCUT2D eigenvalue weighted by Gasteiger charge is -2.16. The molecular weight excluding hydrogens is 290 g/mol. The van der Waals surface area contributed by atoms with E-state index >= 15 is 0 Å². The predicted molar refractivity (Wildman–Crippen MR) is 89.4 cm³/mol. The van der Waals surface area contributed by atoms with Crippen LogP contribution in [0.5, 0.6) is 5.75 Å². The summed E-state index contributed by atoms with van der Waals surface area (Å²) >= 11 is 0. The van der Waals surface area contributed by atoms with Gasteiger partial charge in [0, 0.05) is 30.6 Å². The first-order chi connectivity index (χ1) is 11.2. The van der Waals surface area contributed by atoms with Crippen molar-refractivity contribution >= 4 is 5.91 Å². The summed E-state index contributed by atoms with van der Waals surface area (Å²) in [7, 11) is 0. The fraction of sp³-hybridized carbons (Fsp3) is 0.632. The summed E-state index contributed by atoms with van der Waals surface area (Å²) in [5.74, 6) is 1.78. The van der Waals surface area contributed by atoms with Crippen molar-refractivity contribution in [2.75, 3.05) is 19.8 Å². The molecule has 4 heteroatoms. The van der Waals surface area contributed by atoms with E-state index in [2.05, 4.69) is 30.4 Å². The van der Waals surface area contributed by atoms with Crippen LogP contribution in [0.15, 0.2) is 18.2 Å². The van der Waals surface area contributed by atoms with Crippen LogP contribution in [0.25, 0.3) is 0 Å². The van der Waals surface area contributed by atoms with Gasteiger partial charge in [-0.05, 0) is 37.8 Å². The molecule has 1 aromatic carbocycles. The van der Waals surface area contributed by atoms with Gasteiger partial charge >= 0.3 is 0 Å². The number of benzene rings is 1. The number of hydrogen-bond donors (Lipinski definition) is 1. The summed E-state index contributed by atoms with van der Waals surface area (Å²) in [6.45, 7) is 4.93. The molecule has 126 valence electrons. The number of amides is 1. The Kier molecular flexibility index (Phi) is 5.55. The molecule has 1 aromatic rings. The molecule has 0 aromatic heterocycles. The lowest BCUT2D eigenvalue weighted by molar-refractivity contribution is -0.124. The predicted octanol–water partition coefficient (Wildman–Crippen LogP) is 3.22. The van der Waals surface area contributed by atoms with E-state index in [9.17, 15) is 4.79 Å². The molecule has 1 heterocycles. The highest BCUT2D eigenvalue weighted by molar-refractivity contribution is 5.78. The second-order valence-corrected chi connectivity index (χ2v) is 6.85. The molecule has 0 bridgehead atoms. The number of aryl methyl sites for hydroxylation is 1. The highest BCUT2D eigenvalue weighted by Crippen LogP contribution is 2.26. The Morgan fingerprint density at radius 2 is 2.13 bits per heavy atom. The van der Waals surface area contributed by atoms with E-state index in [1.165, 1.54) is 18.4 Å². The third kappa shape index (κ3) is 4.47. The second kappa shape index (κ2) is 7.82. The molecule has 1 saturated carbocycles. The van der Waals surface area contributed by atoms with Crippen LogP contribution in [0.1, 0.15) is 43.2 Å². The van der Waals surface area contributed by atoms with Gasteiger partial charge in [0.2, 0.25) is 5.91 Å². The first-order valence-electron chi connectivity index (χ1n) is 8.80. The lowest BCUT2D eigenvalue weighted by Crippen LogP contribution is -2.29. The van der Waals surface area contributed by atoms with Gasteiger partial charge in [0.1, 0.15) is 5.75 Å². The molecule has 2 fully saturated rings. The fourth-order valence-corrected chi connectivity index (χ4v) is 3.38. The van der Waals surface area contributed by atoms with E-state index in [4.69, 9.17) is 9.47 Å². The molecule has 1 aliphatic carbocycles. The molecule has 1 N–H and O–H groups in total. The summed E-state index contributed by atoms with van der Waals surface area (Å²) in [6.07, 6.45) is 5.50. The van der Waals surface area contributed by atoms with Crippen LogP contribution in [-0.2, 0) is 16.1 Å². The Morgan fingerprint density at radius 3 is 2.87 bits per heavy atom. The third-order valence-electron chi connectivity index (χ3n) is 4.90. The number of carbonyl (C=O) groups is 1. The number of rotatable bonds is 6.